The lowest BCUT2D eigenvalue weighted by atomic mass is 9.99. The molecule has 6 heteroatoms. The number of para-hydroxylation sites is 1. The van der Waals surface area contributed by atoms with Gasteiger partial charge in [-0.2, -0.15) is 0 Å². The Balaban J connectivity index is 1.72. The number of esters is 1. The number of fused-ring (bicyclic) bond motifs is 1. The van der Waals surface area contributed by atoms with Crippen molar-refractivity contribution >= 4 is 22.7 Å². The molecular formula is C21H16N2O4. The molecule has 27 heavy (non-hydrogen) atoms. The molecule has 0 aliphatic rings. The summed E-state index contributed by atoms with van der Waals surface area (Å²) >= 11 is 0. The molecule has 0 aliphatic heterocycles. The van der Waals surface area contributed by atoms with E-state index in [4.69, 9.17) is 9.26 Å². The first-order valence-corrected chi connectivity index (χ1v) is 8.43. The number of ether oxygens (including phenoxy) is 1. The van der Waals surface area contributed by atoms with E-state index in [1.807, 2.05) is 30.3 Å². The van der Waals surface area contributed by atoms with Crippen molar-refractivity contribution in [3.63, 3.8) is 0 Å². The van der Waals surface area contributed by atoms with Crippen LogP contribution in [0.25, 0.3) is 10.9 Å². The second-order valence-electron chi connectivity index (χ2n) is 6.14. The van der Waals surface area contributed by atoms with Crippen molar-refractivity contribution < 1.29 is 18.8 Å². The summed E-state index contributed by atoms with van der Waals surface area (Å²) in [5.41, 5.74) is 2.43. The molecule has 0 saturated carbocycles. The molecule has 2 heterocycles. The van der Waals surface area contributed by atoms with E-state index in [-0.39, 0.29) is 11.5 Å². The largest absolute Gasteiger partial charge is 0.443 e. The minimum atomic E-state index is -1.09. The Hall–Kier alpha value is -3.67. The number of nitrogens with zero attached hydrogens (tertiary/aromatic N) is 1. The number of ketones is 1. The fourth-order valence-corrected chi connectivity index (χ4v) is 2.94. The molecule has 134 valence electrons. The normalized spacial score (nSPS) is 12.0. The highest BCUT2D eigenvalue weighted by Crippen LogP contribution is 2.28. The minimum absolute atomic E-state index is 0.0415. The van der Waals surface area contributed by atoms with E-state index in [0.29, 0.717) is 16.8 Å². The molecule has 2 aromatic carbocycles. The van der Waals surface area contributed by atoms with Gasteiger partial charge in [0.2, 0.25) is 11.5 Å². The number of H-pyrrole nitrogens is 1. The lowest BCUT2D eigenvalue weighted by molar-refractivity contribution is 0.0243. The van der Waals surface area contributed by atoms with Gasteiger partial charge < -0.3 is 14.2 Å². The molecule has 1 unspecified atom stereocenters. The third kappa shape index (κ3) is 3.25. The van der Waals surface area contributed by atoms with Gasteiger partial charge >= 0.3 is 5.97 Å². The van der Waals surface area contributed by atoms with Crippen LogP contribution in [0, 0.1) is 6.92 Å². The van der Waals surface area contributed by atoms with Crippen molar-refractivity contribution in [2.45, 2.75) is 13.0 Å². The zero-order valence-electron chi connectivity index (χ0n) is 14.5. The first kappa shape index (κ1) is 16.8. The molecule has 0 saturated heterocycles. The number of nitrogens with one attached hydrogen (secondary N) is 1. The van der Waals surface area contributed by atoms with E-state index in [9.17, 15) is 9.59 Å². The fraction of sp³-hybridized carbons (Fsp3) is 0.0952. The van der Waals surface area contributed by atoms with Gasteiger partial charge in [-0.1, -0.05) is 53.7 Å². The number of rotatable bonds is 5. The number of carbonyl (C=O) groups excluding carboxylic acids is 2. The van der Waals surface area contributed by atoms with Gasteiger partial charge in [-0.15, -0.1) is 0 Å². The van der Waals surface area contributed by atoms with Crippen LogP contribution in [0.2, 0.25) is 0 Å². The quantitative estimate of drug-likeness (QED) is 0.425. The van der Waals surface area contributed by atoms with Crippen LogP contribution in [-0.4, -0.2) is 21.9 Å². The highest BCUT2D eigenvalue weighted by atomic mass is 16.6. The van der Waals surface area contributed by atoms with E-state index in [2.05, 4.69) is 10.1 Å². The van der Waals surface area contributed by atoms with E-state index in [0.717, 1.165) is 10.9 Å². The van der Waals surface area contributed by atoms with Gasteiger partial charge in [0.25, 0.3) is 0 Å². The van der Waals surface area contributed by atoms with Gasteiger partial charge in [-0.3, -0.25) is 4.79 Å². The highest BCUT2D eigenvalue weighted by Gasteiger charge is 2.29. The molecule has 0 bridgehead atoms. The van der Waals surface area contributed by atoms with Gasteiger partial charge in [0, 0.05) is 34.3 Å². The molecule has 1 atom stereocenters. The third-order valence-electron chi connectivity index (χ3n) is 4.25. The minimum Gasteiger partial charge on any atom is -0.443 e. The lowest BCUT2D eigenvalue weighted by Gasteiger charge is -2.16. The average molecular weight is 360 g/mol. The summed E-state index contributed by atoms with van der Waals surface area (Å²) in [6.07, 6.45) is 0.540. The number of carbonyl (C=O) groups is 2. The van der Waals surface area contributed by atoms with E-state index in [1.165, 1.54) is 6.07 Å². The van der Waals surface area contributed by atoms with Crippen molar-refractivity contribution in [2.75, 3.05) is 0 Å². The Bertz CT molecular complexity index is 1110. The predicted octanol–water partition coefficient (Wildman–Crippen LogP) is 4.25. The molecule has 6 nitrogen and oxygen atoms in total. The predicted molar refractivity (Wildman–Crippen MR) is 98.5 cm³/mol. The summed E-state index contributed by atoms with van der Waals surface area (Å²) in [4.78, 5) is 28.8. The molecule has 4 aromatic rings. The van der Waals surface area contributed by atoms with Crippen LogP contribution in [0.1, 0.15) is 38.3 Å². The van der Waals surface area contributed by atoms with Crippen LogP contribution in [0.5, 0.6) is 0 Å². The maximum atomic E-state index is 13.2. The van der Waals surface area contributed by atoms with Gasteiger partial charge in [-0.05, 0) is 13.0 Å². The zero-order chi connectivity index (χ0) is 18.8. The number of benzene rings is 2. The summed E-state index contributed by atoms with van der Waals surface area (Å²) in [7, 11) is 0. The van der Waals surface area contributed by atoms with Crippen molar-refractivity contribution in [1.82, 2.24) is 10.1 Å². The van der Waals surface area contributed by atoms with Crippen LogP contribution in [-0.2, 0) is 4.74 Å². The Kier molecular flexibility index (Phi) is 4.30. The fourth-order valence-electron chi connectivity index (χ4n) is 2.94. The van der Waals surface area contributed by atoms with Crippen LogP contribution in [0.3, 0.4) is 0 Å². The summed E-state index contributed by atoms with van der Waals surface area (Å²) < 4.78 is 10.5. The molecule has 1 N–H and O–H groups in total. The van der Waals surface area contributed by atoms with Gasteiger partial charge in [0.05, 0.1) is 5.69 Å². The van der Waals surface area contributed by atoms with Crippen molar-refractivity contribution in [1.29, 1.82) is 0 Å². The number of Topliss-reactive ketones (excluding diaryl/α,β-unsaturated/α-hetero) is 1. The van der Waals surface area contributed by atoms with Crippen molar-refractivity contribution in [2.24, 2.45) is 0 Å². The zero-order valence-corrected chi connectivity index (χ0v) is 14.5. The summed E-state index contributed by atoms with van der Waals surface area (Å²) in [6.45, 7) is 1.70. The van der Waals surface area contributed by atoms with Crippen LogP contribution in [0.15, 0.2) is 71.4 Å². The Morgan fingerprint density at radius 3 is 2.56 bits per heavy atom. The highest BCUT2D eigenvalue weighted by molar-refractivity contribution is 6.10. The summed E-state index contributed by atoms with van der Waals surface area (Å²) in [6, 6.07) is 17.8. The smallest absolute Gasteiger partial charge is 0.378 e. The van der Waals surface area contributed by atoms with Crippen molar-refractivity contribution in [3.05, 3.63) is 89.4 Å². The Morgan fingerprint density at radius 1 is 1.07 bits per heavy atom. The molecule has 0 spiro atoms. The summed E-state index contributed by atoms with van der Waals surface area (Å²) in [5, 5.41) is 4.46. The molecule has 0 fully saturated rings. The first-order chi connectivity index (χ1) is 13.1. The molecule has 4 rings (SSSR count). The maximum absolute atomic E-state index is 13.2. The molecule has 0 aliphatic carbocycles. The molecular weight excluding hydrogens is 344 g/mol. The first-order valence-electron chi connectivity index (χ1n) is 8.43. The maximum Gasteiger partial charge on any atom is 0.378 e. The monoisotopic (exact) mass is 360 g/mol. The summed E-state index contributed by atoms with van der Waals surface area (Å²) in [5.74, 6) is -1.10. The van der Waals surface area contributed by atoms with E-state index < -0.39 is 12.1 Å². The lowest BCUT2D eigenvalue weighted by Crippen LogP contribution is -2.20. The Labute approximate surface area is 154 Å². The third-order valence-corrected chi connectivity index (χ3v) is 4.25. The number of aromatic nitrogens is 2. The molecule has 0 radical (unpaired) electrons. The van der Waals surface area contributed by atoms with Crippen molar-refractivity contribution in [3.8, 4) is 0 Å². The number of aromatic amines is 1. The van der Waals surface area contributed by atoms with Crippen LogP contribution < -0.4 is 0 Å². The standard InChI is InChI=1S/C21H16N2O4/c1-13-11-18(27-23-13)21(25)26-20(14-7-3-2-4-8-14)19(24)16-12-22-17-10-6-5-9-15(16)17/h2-12,20,22H,1H3. The van der Waals surface area contributed by atoms with Crippen LogP contribution >= 0.6 is 0 Å². The van der Waals surface area contributed by atoms with Crippen LogP contribution in [0.4, 0.5) is 0 Å². The number of hydrogen-bond acceptors (Lipinski definition) is 5. The molecule has 0 amide bonds. The van der Waals surface area contributed by atoms with Gasteiger partial charge in [0.15, 0.2) is 6.10 Å². The Morgan fingerprint density at radius 2 is 1.81 bits per heavy atom. The van der Waals surface area contributed by atoms with Gasteiger partial charge in [-0.25, -0.2) is 4.79 Å². The SMILES string of the molecule is Cc1cc(C(=O)OC(C(=O)c2c[nH]c3ccccc23)c2ccccc2)on1. The second kappa shape index (κ2) is 6.92. The topological polar surface area (TPSA) is 85.2 Å². The molecule has 2 aromatic heterocycles. The van der Waals surface area contributed by atoms with E-state index in [1.54, 1.807) is 37.4 Å². The second-order valence-corrected chi connectivity index (χ2v) is 6.14. The number of aryl methyl sites for hydroxylation is 1. The van der Waals surface area contributed by atoms with E-state index >= 15 is 0 Å². The number of hydrogen-bond donors (Lipinski definition) is 1. The van der Waals surface area contributed by atoms with Gasteiger partial charge in [0.1, 0.15) is 0 Å². The average Bonchev–Trinajstić information content (AvgIpc) is 3.32.